The van der Waals surface area contributed by atoms with Crippen molar-refractivity contribution >= 4 is 5.97 Å². The number of aliphatic hydroxyl groups is 1. The van der Waals surface area contributed by atoms with Gasteiger partial charge in [-0.3, -0.25) is 4.79 Å². The molecule has 0 saturated heterocycles. The third-order valence-electron chi connectivity index (χ3n) is 2.38. The van der Waals surface area contributed by atoms with Crippen LogP contribution in [0.2, 0.25) is 0 Å². The van der Waals surface area contributed by atoms with Crippen LogP contribution in [0.4, 0.5) is 0 Å². The Morgan fingerprint density at radius 2 is 2.07 bits per heavy atom. The van der Waals surface area contributed by atoms with Crippen LogP contribution in [0.15, 0.2) is 0 Å². The van der Waals surface area contributed by atoms with E-state index in [1.54, 1.807) is 13.8 Å². The summed E-state index contributed by atoms with van der Waals surface area (Å²) in [6.07, 6.45) is 0.665. The summed E-state index contributed by atoms with van der Waals surface area (Å²) in [6.45, 7) is 6.30. The molecule has 0 amide bonds. The summed E-state index contributed by atoms with van der Waals surface area (Å²) < 4.78 is 0. The number of likely N-dealkylation sites (N-methyl/N-ethyl adjacent to an activating group) is 1. The Morgan fingerprint density at radius 3 is 2.43 bits per heavy atom. The van der Waals surface area contributed by atoms with Crippen LogP contribution in [0.3, 0.4) is 0 Å². The van der Waals surface area contributed by atoms with Crippen molar-refractivity contribution in [2.24, 2.45) is 5.92 Å². The highest BCUT2D eigenvalue weighted by molar-refractivity contribution is 5.69. The molecule has 2 N–H and O–H groups in total. The van der Waals surface area contributed by atoms with Gasteiger partial charge >= 0.3 is 5.97 Å². The summed E-state index contributed by atoms with van der Waals surface area (Å²) in [7, 11) is 1.82. The predicted molar refractivity (Wildman–Crippen MR) is 55.2 cm³/mol. The summed E-state index contributed by atoms with van der Waals surface area (Å²) >= 11 is 0. The van der Waals surface area contributed by atoms with Crippen molar-refractivity contribution in [2.45, 2.75) is 32.8 Å². The van der Waals surface area contributed by atoms with E-state index in [4.69, 9.17) is 5.11 Å². The van der Waals surface area contributed by atoms with Gasteiger partial charge < -0.3 is 15.1 Å². The Bertz CT molecular complexity index is 192. The molecule has 14 heavy (non-hydrogen) atoms. The molecule has 0 bridgehead atoms. The van der Waals surface area contributed by atoms with E-state index in [-0.39, 0.29) is 0 Å². The molecule has 0 aliphatic rings. The largest absolute Gasteiger partial charge is 0.481 e. The highest BCUT2D eigenvalue weighted by atomic mass is 16.4. The zero-order chi connectivity index (χ0) is 11.4. The molecule has 0 aromatic carbocycles. The van der Waals surface area contributed by atoms with Crippen molar-refractivity contribution in [2.75, 3.05) is 20.1 Å². The molecule has 0 saturated carbocycles. The molecule has 0 aromatic rings. The number of carboxylic acids is 1. The van der Waals surface area contributed by atoms with Crippen LogP contribution in [0.1, 0.15) is 27.2 Å². The van der Waals surface area contributed by atoms with Crippen molar-refractivity contribution in [1.82, 2.24) is 4.90 Å². The lowest BCUT2D eigenvalue weighted by atomic mass is 10.0. The van der Waals surface area contributed by atoms with Crippen LogP contribution in [0.25, 0.3) is 0 Å². The maximum absolute atomic E-state index is 10.6. The second kappa shape index (κ2) is 5.32. The molecule has 4 heteroatoms. The number of carboxylic acid groups (broad SMARTS) is 1. The fraction of sp³-hybridized carbons (Fsp3) is 0.900. The molecule has 84 valence electrons. The van der Waals surface area contributed by atoms with Gasteiger partial charge in [0.05, 0.1) is 11.5 Å². The molecular weight excluding hydrogens is 182 g/mol. The third-order valence-corrected chi connectivity index (χ3v) is 2.38. The maximum Gasteiger partial charge on any atom is 0.307 e. The van der Waals surface area contributed by atoms with E-state index in [9.17, 15) is 9.90 Å². The molecule has 2 unspecified atom stereocenters. The second-order valence-corrected chi connectivity index (χ2v) is 4.29. The van der Waals surface area contributed by atoms with E-state index in [1.807, 2.05) is 18.9 Å². The molecule has 0 fully saturated rings. The van der Waals surface area contributed by atoms with Crippen LogP contribution in [0, 0.1) is 5.92 Å². The Kier molecular flexibility index (Phi) is 5.08. The van der Waals surface area contributed by atoms with E-state index >= 15 is 0 Å². The lowest BCUT2D eigenvalue weighted by Gasteiger charge is -2.28. The fourth-order valence-electron chi connectivity index (χ4n) is 1.30. The SMILES string of the molecule is CCC(C)(O)CN(C)CC(C)C(=O)O. The minimum absolute atomic E-state index is 0.396. The quantitative estimate of drug-likeness (QED) is 0.670. The second-order valence-electron chi connectivity index (χ2n) is 4.29. The smallest absolute Gasteiger partial charge is 0.307 e. The van der Waals surface area contributed by atoms with Gasteiger partial charge in [-0.1, -0.05) is 13.8 Å². The van der Waals surface area contributed by atoms with Crippen molar-refractivity contribution in [3.8, 4) is 0 Å². The van der Waals surface area contributed by atoms with Crippen molar-refractivity contribution in [3.63, 3.8) is 0 Å². The third kappa shape index (κ3) is 5.19. The molecule has 0 aromatic heterocycles. The maximum atomic E-state index is 10.6. The average molecular weight is 203 g/mol. The Labute approximate surface area is 85.5 Å². The fourth-order valence-corrected chi connectivity index (χ4v) is 1.30. The summed E-state index contributed by atoms with van der Waals surface area (Å²) in [5, 5.41) is 18.5. The number of carbonyl (C=O) groups is 1. The molecule has 0 aliphatic carbocycles. The van der Waals surface area contributed by atoms with Crippen LogP contribution in [0.5, 0.6) is 0 Å². The van der Waals surface area contributed by atoms with E-state index < -0.39 is 17.5 Å². The zero-order valence-corrected chi connectivity index (χ0v) is 9.45. The summed E-state index contributed by atoms with van der Waals surface area (Å²) in [6, 6.07) is 0. The number of nitrogens with zero attached hydrogens (tertiary/aromatic N) is 1. The van der Waals surface area contributed by atoms with E-state index in [1.165, 1.54) is 0 Å². The van der Waals surface area contributed by atoms with Gasteiger partial charge in [0, 0.05) is 13.1 Å². The van der Waals surface area contributed by atoms with Crippen molar-refractivity contribution in [3.05, 3.63) is 0 Å². The van der Waals surface area contributed by atoms with Gasteiger partial charge in [-0.05, 0) is 20.4 Å². The van der Waals surface area contributed by atoms with Crippen molar-refractivity contribution < 1.29 is 15.0 Å². The Hall–Kier alpha value is -0.610. The molecular formula is C10H21NO3. The van der Waals surface area contributed by atoms with Gasteiger partial charge in [-0.2, -0.15) is 0 Å². The normalized spacial score (nSPS) is 17.9. The number of rotatable bonds is 6. The number of hydrogen-bond donors (Lipinski definition) is 2. The Balaban J connectivity index is 3.98. The Morgan fingerprint density at radius 1 is 1.57 bits per heavy atom. The van der Waals surface area contributed by atoms with Gasteiger partial charge in [-0.15, -0.1) is 0 Å². The van der Waals surface area contributed by atoms with E-state index in [2.05, 4.69) is 0 Å². The minimum Gasteiger partial charge on any atom is -0.481 e. The van der Waals surface area contributed by atoms with Gasteiger partial charge in [0.15, 0.2) is 0 Å². The van der Waals surface area contributed by atoms with Crippen LogP contribution < -0.4 is 0 Å². The van der Waals surface area contributed by atoms with E-state index in [0.717, 1.165) is 0 Å². The summed E-state index contributed by atoms with van der Waals surface area (Å²) in [4.78, 5) is 12.4. The number of hydrogen-bond acceptors (Lipinski definition) is 3. The molecule has 0 spiro atoms. The molecule has 0 radical (unpaired) electrons. The monoisotopic (exact) mass is 203 g/mol. The summed E-state index contributed by atoms with van der Waals surface area (Å²) in [5.74, 6) is -1.19. The van der Waals surface area contributed by atoms with Crippen LogP contribution in [-0.4, -0.2) is 46.8 Å². The molecule has 0 heterocycles. The highest BCUT2D eigenvalue weighted by Gasteiger charge is 2.22. The highest BCUT2D eigenvalue weighted by Crippen LogP contribution is 2.10. The lowest BCUT2D eigenvalue weighted by Crippen LogP contribution is -2.41. The first-order valence-corrected chi connectivity index (χ1v) is 4.92. The molecule has 0 aliphatic heterocycles. The minimum atomic E-state index is -0.798. The predicted octanol–water partition coefficient (Wildman–Crippen LogP) is 0.800. The van der Waals surface area contributed by atoms with Gasteiger partial charge in [0.1, 0.15) is 0 Å². The van der Waals surface area contributed by atoms with Crippen molar-refractivity contribution in [1.29, 1.82) is 0 Å². The first-order chi connectivity index (χ1) is 6.28. The first kappa shape index (κ1) is 13.4. The van der Waals surface area contributed by atoms with Gasteiger partial charge in [-0.25, -0.2) is 0 Å². The number of aliphatic carboxylic acids is 1. The van der Waals surface area contributed by atoms with Crippen LogP contribution >= 0.6 is 0 Å². The topological polar surface area (TPSA) is 60.8 Å². The molecule has 0 rings (SSSR count). The first-order valence-electron chi connectivity index (χ1n) is 4.92. The van der Waals surface area contributed by atoms with E-state index in [0.29, 0.717) is 19.5 Å². The standard InChI is InChI=1S/C10H21NO3/c1-5-10(3,14)7-11(4)6-8(2)9(12)13/h8,14H,5-7H2,1-4H3,(H,12,13). The molecule has 2 atom stereocenters. The van der Waals surface area contributed by atoms with Gasteiger partial charge in [0.2, 0.25) is 0 Å². The molecule has 4 nitrogen and oxygen atoms in total. The lowest BCUT2D eigenvalue weighted by molar-refractivity contribution is -0.141. The zero-order valence-electron chi connectivity index (χ0n) is 9.45. The summed E-state index contributed by atoms with van der Waals surface area (Å²) in [5.41, 5.74) is -0.729. The van der Waals surface area contributed by atoms with Crippen LogP contribution in [-0.2, 0) is 4.79 Å². The van der Waals surface area contributed by atoms with Gasteiger partial charge in [0.25, 0.3) is 0 Å². The average Bonchev–Trinajstić information content (AvgIpc) is 2.02.